The molecule has 2 aromatic rings. The standard InChI is InChI=1S/C16H15N3O6/c20-16(25-11-12-4-2-1-3-5-12)17-9-8-13-6-7-14(18(21)22)10-15(13)19(23)24/h1-7,10H,8-9,11H2,(H,17,20). The summed E-state index contributed by atoms with van der Waals surface area (Å²) >= 11 is 0. The maximum atomic E-state index is 11.6. The molecule has 9 heteroatoms. The van der Waals surface area contributed by atoms with Crippen LogP contribution in [0, 0.1) is 20.2 Å². The smallest absolute Gasteiger partial charge is 0.407 e. The van der Waals surface area contributed by atoms with Gasteiger partial charge < -0.3 is 10.1 Å². The summed E-state index contributed by atoms with van der Waals surface area (Å²) in [5, 5.41) is 24.2. The molecule has 0 atom stereocenters. The van der Waals surface area contributed by atoms with Gasteiger partial charge in [0.1, 0.15) is 6.61 Å². The zero-order valence-corrected chi connectivity index (χ0v) is 13.1. The molecule has 130 valence electrons. The lowest BCUT2D eigenvalue weighted by Crippen LogP contribution is -2.26. The summed E-state index contributed by atoms with van der Waals surface area (Å²) < 4.78 is 5.02. The van der Waals surface area contributed by atoms with Crippen molar-refractivity contribution in [2.75, 3.05) is 6.54 Å². The molecule has 0 saturated carbocycles. The van der Waals surface area contributed by atoms with E-state index in [9.17, 15) is 25.0 Å². The van der Waals surface area contributed by atoms with Gasteiger partial charge in [-0.3, -0.25) is 20.2 Å². The van der Waals surface area contributed by atoms with Gasteiger partial charge in [-0.2, -0.15) is 0 Å². The third-order valence-corrected chi connectivity index (χ3v) is 3.35. The number of benzene rings is 2. The third kappa shape index (κ3) is 5.27. The highest BCUT2D eigenvalue weighted by molar-refractivity contribution is 5.67. The van der Waals surface area contributed by atoms with E-state index in [0.717, 1.165) is 11.6 Å². The van der Waals surface area contributed by atoms with Crippen LogP contribution in [0.1, 0.15) is 11.1 Å². The van der Waals surface area contributed by atoms with E-state index in [1.165, 1.54) is 12.1 Å². The van der Waals surface area contributed by atoms with E-state index in [-0.39, 0.29) is 30.9 Å². The third-order valence-electron chi connectivity index (χ3n) is 3.35. The second kappa shape index (κ2) is 8.39. The molecule has 0 aromatic heterocycles. The molecule has 0 aliphatic carbocycles. The van der Waals surface area contributed by atoms with Crippen LogP contribution in [0.5, 0.6) is 0 Å². The Morgan fingerprint density at radius 2 is 1.76 bits per heavy atom. The van der Waals surface area contributed by atoms with Gasteiger partial charge in [-0.05, 0) is 18.1 Å². The highest BCUT2D eigenvalue weighted by Gasteiger charge is 2.19. The van der Waals surface area contributed by atoms with Crippen LogP contribution in [0.25, 0.3) is 0 Å². The number of nitrogens with one attached hydrogen (secondary N) is 1. The van der Waals surface area contributed by atoms with E-state index < -0.39 is 15.9 Å². The molecular formula is C16H15N3O6. The number of amides is 1. The quantitative estimate of drug-likeness (QED) is 0.607. The van der Waals surface area contributed by atoms with Crippen LogP contribution in [0.2, 0.25) is 0 Å². The van der Waals surface area contributed by atoms with Gasteiger partial charge >= 0.3 is 6.09 Å². The number of nitro benzene ring substituents is 2. The summed E-state index contributed by atoms with van der Waals surface area (Å²) in [5.41, 5.74) is 0.418. The molecule has 1 amide bonds. The Kier molecular flexibility index (Phi) is 5.99. The first-order chi connectivity index (χ1) is 12.0. The van der Waals surface area contributed by atoms with Crippen molar-refractivity contribution in [2.24, 2.45) is 0 Å². The van der Waals surface area contributed by atoms with Gasteiger partial charge in [0.2, 0.25) is 0 Å². The molecule has 0 heterocycles. The fourth-order valence-electron chi connectivity index (χ4n) is 2.12. The van der Waals surface area contributed by atoms with E-state index >= 15 is 0 Å². The van der Waals surface area contributed by atoms with Crippen molar-refractivity contribution in [3.63, 3.8) is 0 Å². The van der Waals surface area contributed by atoms with Gasteiger partial charge in [0, 0.05) is 18.2 Å². The van der Waals surface area contributed by atoms with Crippen LogP contribution in [0.15, 0.2) is 48.5 Å². The molecule has 0 aliphatic heterocycles. The minimum atomic E-state index is -0.698. The number of carbonyl (C=O) groups is 1. The number of rotatable bonds is 7. The topological polar surface area (TPSA) is 125 Å². The Morgan fingerprint density at radius 1 is 1.04 bits per heavy atom. The summed E-state index contributed by atoms with van der Waals surface area (Å²) in [6, 6.07) is 12.5. The van der Waals surface area contributed by atoms with Crippen LogP contribution in [0.3, 0.4) is 0 Å². The van der Waals surface area contributed by atoms with E-state index in [2.05, 4.69) is 5.32 Å². The second-order valence-corrected chi connectivity index (χ2v) is 5.07. The molecule has 0 fully saturated rings. The average molecular weight is 345 g/mol. The van der Waals surface area contributed by atoms with Crippen molar-refractivity contribution in [3.05, 3.63) is 79.9 Å². The van der Waals surface area contributed by atoms with Crippen LogP contribution in [0.4, 0.5) is 16.2 Å². The van der Waals surface area contributed by atoms with E-state index in [1.807, 2.05) is 30.3 Å². The second-order valence-electron chi connectivity index (χ2n) is 5.07. The Labute approximate surface area is 142 Å². The highest BCUT2D eigenvalue weighted by atomic mass is 16.6. The van der Waals surface area contributed by atoms with Gasteiger partial charge in [0.25, 0.3) is 11.4 Å². The molecule has 0 saturated heterocycles. The molecule has 0 bridgehead atoms. The molecule has 0 radical (unpaired) electrons. The van der Waals surface area contributed by atoms with Crippen molar-refractivity contribution in [1.29, 1.82) is 0 Å². The Morgan fingerprint density at radius 3 is 2.40 bits per heavy atom. The predicted octanol–water partition coefficient (Wildman–Crippen LogP) is 2.97. The summed E-state index contributed by atoms with van der Waals surface area (Å²) in [6.45, 7) is 0.219. The number of nitro groups is 2. The van der Waals surface area contributed by atoms with Crippen LogP contribution in [-0.2, 0) is 17.8 Å². The van der Waals surface area contributed by atoms with E-state index in [1.54, 1.807) is 0 Å². The summed E-state index contributed by atoms with van der Waals surface area (Å²) in [4.78, 5) is 31.9. The first kappa shape index (κ1) is 17.9. The summed E-state index contributed by atoms with van der Waals surface area (Å²) in [5.74, 6) is 0. The first-order valence-corrected chi connectivity index (χ1v) is 7.33. The molecule has 0 unspecified atom stereocenters. The molecule has 0 spiro atoms. The fourth-order valence-corrected chi connectivity index (χ4v) is 2.12. The number of hydrogen-bond donors (Lipinski definition) is 1. The van der Waals surface area contributed by atoms with Gasteiger partial charge in [-0.1, -0.05) is 30.3 Å². The molecule has 1 N–H and O–H groups in total. The number of nitrogens with zero attached hydrogens (tertiary/aromatic N) is 2. The first-order valence-electron chi connectivity index (χ1n) is 7.33. The minimum Gasteiger partial charge on any atom is -0.445 e. The number of alkyl carbamates (subject to hydrolysis) is 1. The lowest BCUT2D eigenvalue weighted by Gasteiger charge is -2.07. The van der Waals surface area contributed by atoms with Crippen LogP contribution in [-0.4, -0.2) is 22.5 Å². The molecular weight excluding hydrogens is 330 g/mol. The maximum absolute atomic E-state index is 11.6. The van der Waals surface area contributed by atoms with Crippen molar-refractivity contribution in [2.45, 2.75) is 13.0 Å². The Balaban J connectivity index is 1.87. The van der Waals surface area contributed by atoms with Crippen molar-refractivity contribution >= 4 is 17.5 Å². The fraction of sp³-hybridized carbons (Fsp3) is 0.188. The SMILES string of the molecule is O=C(NCCc1ccc([N+](=O)[O-])cc1[N+](=O)[O-])OCc1ccccc1. The monoisotopic (exact) mass is 345 g/mol. The normalized spacial score (nSPS) is 10.1. The number of carbonyl (C=O) groups excluding carboxylic acids is 1. The van der Waals surface area contributed by atoms with Crippen molar-refractivity contribution in [3.8, 4) is 0 Å². The van der Waals surface area contributed by atoms with E-state index in [0.29, 0.717) is 5.56 Å². The van der Waals surface area contributed by atoms with Crippen molar-refractivity contribution in [1.82, 2.24) is 5.32 Å². The molecule has 2 aromatic carbocycles. The Hall–Kier alpha value is -3.49. The molecule has 25 heavy (non-hydrogen) atoms. The predicted molar refractivity (Wildman–Crippen MR) is 88.1 cm³/mol. The van der Waals surface area contributed by atoms with Crippen LogP contribution >= 0.6 is 0 Å². The zero-order valence-electron chi connectivity index (χ0n) is 13.1. The lowest BCUT2D eigenvalue weighted by atomic mass is 10.1. The maximum Gasteiger partial charge on any atom is 0.407 e. The van der Waals surface area contributed by atoms with Gasteiger partial charge in [-0.25, -0.2) is 4.79 Å². The van der Waals surface area contributed by atoms with Gasteiger partial charge in [0.05, 0.1) is 15.9 Å². The highest BCUT2D eigenvalue weighted by Crippen LogP contribution is 2.24. The molecule has 9 nitrogen and oxygen atoms in total. The van der Waals surface area contributed by atoms with Gasteiger partial charge in [-0.15, -0.1) is 0 Å². The van der Waals surface area contributed by atoms with Crippen LogP contribution < -0.4 is 5.32 Å². The number of non-ortho nitro benzene ring substituents is 1. The number of hydrogen-bond acceptors (Lipinski definition) is 6. The Bertz CT molecular complexity index is 779. The zero-order chi connectivity index (χ0) is 18.2. The van der Waals surface area contributed by atoms with Gasteiger partial charge in [0.15, 0.2) is 0 Å². The number of ether oxygens (including phenoxy) is 1. The largest absolute Gasteiger partial charge is 0.445 e. The van der Waals surface area contributed by atoms with E-state index in [4.69, 9.17) is 4.74 Å². The molecule has 0 aliphatic rings. The summed E-state index contributed by atoms with van der Waals surface area (Å²) in [6.07, 6.45) is -0.497. The lowest BCUT2D eigenvalue weighted by molar-refractivity contribution is -0.394. The minimum absolute atomic E-state index is 0.103. The van der Waals surface area contributed by atoms with Crippen molar-refractivity contribution < 1.29 is 19.4 Å². The molecule has 2 rings (SSSR count). The average Bonchev–Trinajstić information content (AvgIpc) is 2.60. The summed E-state index contributed by atoms with van der Waals surface area (Å²) in [7, 11) is 0.